The molecule has 5 nitrogen and oxygen atoms in total. The lowest BCUT2D eigenvalue weighted by Crippen LogP contribution is -2.05. The van der Waals surface area contributed by atoms with Crippen molar-refractivity contribution < 1.29 is 0 Å². The Bertz CT molecular complexity index is 3690. The fourth-order valence-electron chi connectivity index (χ4n) is 9.05. The van der Waals surface area contributed by atoms with E-state index >= 15 is 0 Å². The monoisotopic (exact) mass is 801 g/mol. The number of rotatable bonds is 5. The van der Waals surface area contributed by atoms with E-state index in [0.29, 0.717) is 17.5 Å². The van der Waals surface area contributed by atoms with E-state index in [9.17, 15) is 0 Å². The Balaban J connectivity index is 1.08. The maximum atomic E-state index is 5.31. The van der Waals surface area contributed by atoms with Gasteiger partial charge in [-0.05, 0) is 90.0 Å². The molecule has 8 aromatic carbocycles. The van der Waals surface area contributed by atoms with Crippen molar-refractivity contribution >= 4 is 76.1 Å². The summed E-state index contributed by atoms with van der Waals surface area (Å²) in [4.78, 5) is 18.3. The first-order valence-corrected chi connectivity index (χ1v) is 21.7. The normalized spacial score (nSPS) is 12.3. The van der Waals surface area contributed by atoms with E-state index in [0.717, 1.165) is 50.1 Å². The highest BCUT2D eigenvalue weighted by molar-refractivity contribution is 7.99. The molecule has 0 spiro atoms. The molecule has 0 amide bonds. The summed E-state index contributed by atoms with van der Waals surface area (Å²) in [5, 5.41) is 6.05. The average Bonchev–Trinajstić information content (AvgIpc) is 3.98. The molecule has 280 valence electrons. The van der Waals surface area contributed by atoms with E-state index in [-0.39, 0.29) is 0 Å². The van der Waals surface area contributed by atoms with Gasteiger partial charge in [-0.3, -0.25) is 9.13 Å². The van der Waals surface area contributed by atoms with Gasteiger partial charge in [0.2, 0.25) is 0 Å². The van der Waals surface area contributed by atoms with Crippen molar-refractivity contribution in [2.45, 2.75) is 9.79 Å². The van der Waals surface area contributed by atoms with Crippen LogP contribution in [0.2, 0.25) is 0 Å². The minimum atomic E-state index is 0.632. The lowest BCUT2D eigenvalue weighted by atomic mass is 10.0. The largest absolute Gasteiger partial charge is 0.295 e. The SMILES string of the molecule is c1ccc(-c2cccc(-c3nc(-c4ccc5sc6ccccc6c5c4)nc(-c4ccc5c(c4)c4c6cccc7c6n(c4n5-c4ccccc4)-c4ccccc4S7)n3)c2)cc1. The van der Waals surface area contributed by atoms with Crippen LogP contribution in [-0.2, 0) is 0 Å². The predicted octanol–water partition coefficient (Wildman–Crippen LogP) is 14.4. The molecule has 1 aliphatic rings. The second-order valence-corrected chi connectivity index (χ2v) is 17.4. The molecular weight excluding hydrogens is 771 g/mol. The first-order valence-electron chi connectivity index (χ1n) is 20.0. The highest BCUT2D eigenvalue weighted by Crippen LogP contribution is 2.50. The number of para-hydroxylation sites is 3. The molecule has 0 aliphatic carbocycles. The van der Waals surface area contributed by atoms with Gasteiger partial charge in [-0.25, -0.2) is 15.0 Å². The van der Waals surface area contributed by atoms with Gasteiger partial charge in [-0.1, -0.05) is 121 Å². The lowest BCUT2D eigenvalue weighted by molar-refractivity contribution is 1.03. The van der Waals surface area contributed by atoms with Gasteiger partial charge >= 0.3 is 0 Å². The Morgan fingerprint density at radius 3 is 1.82 bits per heavy atom. The summed E-state index contributed by atoms with van der Waals surface area (Å²) in [6.45, 7) is 0. The van der Waals surface area contributed by atoms with E-state index < -0.39 is 0 Å². The van der Waals surface area contributed by atoms with Crippen molar-refractivity contribution in [2.24, 2.45) is 0 Å². The van der Waals surface area contributed by atoms with E-state index in [1.54, 1.807) is 0 Å². The molecule has 5 heterocycles. The van der Waals surface area contributed by atoms with Crippen LogP contribution in [0, 0.1) is 0 Å². The molecule has 0 N–H and O–H groups in total. The molecule has 0 saturated heterocycles. The average molecular weight is 802 g/mol. The van der Waals surface area contributed by atoms with Crippen LogP contribution >= 0.6 is 23.1 Å². The predicted molar refractivity (Wildman–Crippen MR) is 250 cm³/mol. The number of hydrogen-bond donors (Lipinski definition) is 0. The van der Waals surface area contributed by atoms with Gasteiger partial charge in [0.1, 0.15) is 5.65 Å². The smallest absolute Gasteiger partial charge is 0.164 e. The Labute approximate surface area is 352 Å². The van der Waals surface area contributed by atoms with Crippen LogP contribution in [0.5, 0.6) is 0 Å². The van der Waals surface area contributed by atoms with Gasteiger partial charge in [0.05, 0.1) is 16.7 Å². The number of nitrogens with zero attached hydrogens (tertiary/aromatic N) is 5. The second-order valence-electron chi connectivity index (χ2n) is 15.2. The molecule has 0 bridgehead atoms. The van der Waals surface area contributed by atoms with Crippen LogP contribution in [0.25, 0.3) is 110 Å². The first kappa shape index (κ1) is 33.6. The molecule has 4 aromatic heterocycles. The van der Waals surface area contributed by atoms with E-state index in [4.69, 9.17) is 15.0 Å². The summed E-state index contributed by atoms with van der Waals surface area (Å²) < 4.78 is 7.41. The summed E-state index contributed by atoms with van der Waals surface area (Å²) >= 11 is 3.66. The topological polar surface area (TPSA) is 48.5 Å². The third-order valence-electron chi connectivity index (χ3n) is 11.7. The maximum Gasteiger partial charge on any atom is 0.164 e. The fraction of sp³-hybridized carbons (Fsp3) is 0. The molecule has 12 aromatic rings. The Morgan fingerprint density at radius 2 is 0.983 bits per heavy atom. The molecule has 7 heteroatoms. The van der Waals surface area contributed by atoms with Crippen molar-refractivity contribution in [3.05, 3.63) is 188 Å². The van der Waals surface area contributed by atoms with Crippen LogP contribution < -0.4 is 0 Å². The summed E-state index contributed by atoms with van der Waals surface area (Å²) in [5.41, 5.74) is 10.9. The van der Waals surface area contributed by atoms with E-state index in [1.165, 1.54) is 51.9 Å². The van der Waals surface area contributed by atoms with Gasteiger partial charge < -0.3 is 0 Å². The Morgan fingerprint density at radius 1 is 0.383 bits per heavy atom. The number of hydrogen-bond acceptors (Lipinski definition) is 5. The number of aromatic nitrogens is 5. The van der Waals surface area contributed by atoms with Crippen LogP contribution in [0.3, 0.4) is 0 Å². The summed E-state index contributed by atoms with van der Waals surface area (Å²) in [7, 11) is 0. The molecule has 0 atom stereocenters. The lowest BCUT2D eigenvalue weighted by Gasteiger charge is -2.21. The molecule has 0 radical (unpaired) electrons. The van der Waals surface area contributed by atoms with Crippen molar-refractivity contribution in [3.63, 3.8) is 0 Å². The van der Waals surface area contributed by atoms with E-state index in [2.05, 4.69) is 191 Å². The second kappa shape index (κ2) is 13.1. The zero-order chi connectivity index (χ0) is 39.3. The Kier molecular flexibility index (Phi) is 7.34. The van der Waals surface area contributed by atoms with Crippen molar-refractivity contribution in [1.29, 1.82) is 0 Å². The van der Waals surface area contributed by atoms with Gasteiger partial charge in [0, 0.05) is 68.5 Å². The van der Waals surface area contributed by atoms with Gasteiger partial charge in [0.25, 0.3) is 0 Å². The van der Waals surface area contributed by atoms with Crippen LogP contribution in [-0.4, -0.2) is 24.1 Å². The third-order valence-corrected chi connectivity index (χ3v) is 14.0. The van der Waals surface area contributed by atoms with Crippen LogP contribution in [0.15, 0.2) is 198 Å². The zero-order valence-corrected chi connectivity index (χ0v) is 33.6. The van der Waals surface area contributed by atoms with Crippen LogP contribution in [0.4, 0.5) is 0 Å². The van der Waals surface area contributed by atoms with Crippen molar-refractivity contribution in [3.8, 4) is 56.7 Å². The van der Waals surface area contributed by atoms with Crippen molar-refractivity contribution in [2.75, 3.05) is 0 Å². The molecule has 0 saturated carbocycles. The molecule has 0 fully saturated rings. The molecule has 1 aliphatic heterocycles. The highest BCUT2D eigenvalue weighted by atomic mass is 32.2. The van der Waals surface area contributed by atoms with E-state index in [1.807, 2.05) is 29.2 Å². The minimum Gasteiger partial charge on any atom is -0.295 e. The number of thiophene rings is 1. The highest BCUT2D eigenvalue weighted by Gasteiger charge is 2.28. The molecule has 0 unspecified atom stereocenters. The number of fused-ring (bicyclic) bond motifs is 10. The maximum absolute atomic E-state index is 5.31. The standard InChI is InChI=1S/C53H31N5S2/c1-3-13-32(14-4-1)33-15-11-16-34(29-33)50-54-51(56-52(55-50)36-26-28-45-40(30-36)38-19-7-9-22-44(38)59-45)35-25-27-42-41(31-35)48-39-20-12-24-47-49(39)58(43-21-8-10-23-46(43)60-47)53(48)57(42)37-17-5-2-6-18-37/h1-31H. The fourth-order valence-corrected chi connectivity index (χ4v) is 11.2. The molecule has 13 rings (SSSR count). The Hall–Kier alpha value is -7.32. The summed E-state index contributed by atoms with van der Waals surface area (Å²) in [5.74, 6) is 1.91. The number of benzene rings is 8. The zero-order valence-electron chi connectivity index (χ0n) is 32.0. The van der Waals surface area contributed by atoms with Crippen LogP contribution in [0.1, 0.15) is 0 Å². The summed E-state index contributed by atoms with van der Waals surface area (Å²) in [6, 6.07) is 67.1. The molecule has 60 heavy (non-hydrogen) atoms. The van der Waals surface area contributed by atoms with Gasteiger partial charge in [-0.15, -0.1) is 11.3 Å². The third kappa shape index (κ3) is 5.10. The van der Waals surface area contributed by atoms with Crippen molar-refractivity contribution in [1.82, 2.24) is 24.1 Å². The summed E-state index contributed by atoms with van der Waals surface area (Å²) in [6.07, 6.45) is 0. The molecular formula is C53H31N5S2. The quantitative estimate of drug-likeness (QED) is 0.174. The van der Waals surface area contributed by atoms with Gasteiger partial charge in [-0.2, -0.15) is 0 Å². The minimum absolute atomic E-state index is 0.632. The van der Waals surface area contributed by atoms with Gasteiger partial charge in [0.15, 0.2) is 17.5 Å². The first-order chi connectivity index (χ1) is 29.7.